The van der Waals surface area contributed by atoms with Gasteiger partial charge in [-0.1, -0.05) is 18.2 Å². The summed E-state index contributed by atoms with van der Waals surface area (Å²) in [6.07, 6.45) is 5.02. The lowest BCUT2D eigenvalue weighted by Crippen LogP contribution is -2.22. The number of benzene rings is 2. The predicted molar refractivity (Wildman–Crippen MR) is 111 cm³/mol. The van der Waals surface area contributed by atoms with Gasteiger partial charge in [-0.25, -0.2) is 0 Å². The zero-order valence-corrected chi connectivity index (χ0v) is 15.9. The Morgan fingerprint density at radius 3 is 2.70 bits per heavy atom. The van der Waals surface area contributed by atoms with Crippen molar-refractivity contribution >= 4 is 22.5 Å². The van der Waals surface area contributed by atoms with E-state index in [2.05, 4.69) is 15.3 Å². The van der Waals surface area contributed by atoms with E-state index in [1.54, 1.807) is 24.7 Å². The number of hydrogen-bond donors (Lipinski definition) is 2. The molecule has 0 aliphatic carbocycles. The minimum absolute atomic E-state index is 0.0574. The van der Waals surface area contributed by atoms with Gasteiger partial charge in [0.25, 0.3) is 11.6 Å². The number of H-pyrrole nitrogens is 1. The topological polar surface area (TPSA) is 110 Å². The number of carbonyl (C=O) groups excluding carboxylic acids is 1. The second kappa shape index (κ2) is 8.44. The highest BCUT2D eigenvalue weighted by molar-refractivity contribution is 6.07. The Labute approximate surface area is 171 Å². The third-order valence-electron chi connectivity index (χ3n) is 4.63. The molecule has 0 saturated carbocycles. The number of amides is 1. The third kappa shape index (κ3) is 4.27. The fraction of sp³-hybridized carbons (Fsp3) is 0.0909. The van der Waals surface area contributed by atoms with Crippen LogP contribution in [0.2, 0.25) is 0 Å². The molecule has 0 spiro atoms. The smallest absolute Gasteiger partial charge is 0.270 e. The monoisotopic (exact) mass is 402 g/mol. The summed E-state index contributed by atoms with van der Waals surface area (Å²) in [5, 5.41) is 14.4. The molecule has 30 heavy (non-hydrogen) atoms. The maximum absolute atomic E-state index is 12.6. The molecule has 0 fully saturated rings. The first kappa shape index (κ1) is 19.1. The predicted octanol–water partition coefficient (Wildman–Crippen LogP) is 3.98. The maximum atomic E-state index is 12.6. The van der Waals surface area contributed by atoms with Gasteiger partial charge in [-0.3, -0.25) is 19.9 Å². The quantitative estimate of drug-likeness (QED) is 0.359. The number of carbonyl (C=O) groups is 1. The van der Waals surface area contributed by atoms with Crippen LogP contribution < -0.4 is 10.1 Å². The molecule has 2 N–H and O–H groups in total. The molecule has 0 atom stereocenters. The molecule has 0 bridgehead atoms. The summed E-state index contributed by atoms with van der Waals surface area (Å²) in [6.45, 7) is 0.750. The van der Waals surface area contributed by atoms with Crippen LogP contribution in [-0.2, 0) is 13.2 Å². The van der Waals surface area contributed by atoms with Crippen LogP contribution in [0.15, 0.2) is 73.2 Å². The van der Waals surface area contributed by atoms with Crippen LogP contribution in [0.4, 0.5) is 5.69 Å². The first-order chi connectivity index (χ1) is 14.6. The van der Waals surface area contributed by atoms with Crippen LogP contribution in [-0.4, -0.2) is 20.8 Å². The molecule has 2 heterocycles. The number of nitrogens with zero attached hydrogens (tertiary/aromatic N) is 2. The summed E-state index contributed by atoms with van der Waals surface area (Å²) < 4.78 is 5.72. The first-order valence-electron chi connectivity index (χ1n) is 9.24. The summed E-state index contributed by atoms with van der Waals surface area (Å²) in [6, 6.07) is 15.6. The number of aromatic nitrogens is 2. The second-order valence-corrected chi connectivity index (χ2v) is 6.67. The van der Waals surface area contributed by atoms with Crippen molar-refractivity contribution in [3.8, 4) is 5.75 Å². The van der Waals surface area contributed by atoms with Crippen molar-refractivity contribution < 1.29 is 14.5 Å². The molecule has 150 valence electrons. The minimum atomic E-state index is -0.480. The van der Waals surface area contributed by atoms with E-state index in [0.717, 1.165) is 16.9 Å². The lowest BCUT2D eigenvalue weighted by atomic mass is 10.1. The summed E-state index contributed by atoms with van der Waals surface area (Å²) in [5.41, 5.74) is 2.86. The largest absolute Gasteiger partial charge is 0.489 e. The summed E-state index contributed by atoms with van der Waals surface area (Å²) in [7, 11) is 0. The number of non-ortho nitro benzene ring substituents is 1. The van der Waals surface area contributed by atoms with Crippen LogP contribution in [0.5, 0.6) is 5.75 Å². The Balaban J connectivity index is 1.37. The number of nitro groups is 1. The summed E-state index contributed by atoms with van der Waals surface area (Å²) >= 11 is 0. The first-order valence-corrected chi connectivity index (χ1v) is 9.24. The number of nitrogens with one attached hydrogen (secondary N) is 2. The van der Waals surface area contributed by atoms with Crippen molar-refractivity contribution in [2.24, 2.45) is 0 Å². The SMILES string of the molecule is O=C(NCc1ccc(OCc2cccnc2)cc1)c1c[nH]c2ccc([N+](=O)[O-])cc12. The van der Waals surface area contributed by atoms with Gasteiger partial charge in [-0.2, -0.15) is 0 Å². The summed E-state index contributed by atoms with van der Waals surface area (Å²) in [4.78, 5) is 30.1. The van der Waals surface area contributed by atoms with Crippen LogP contribution in [0.3, 0.4) is 0 Å². The molecule has 4 aromatic rings. The van der Waals surface area contributed by atoms with Gasteiger partial charge in [0.1, 0.15) is 12.4 Å². The molecule has 4 rings (SSSR count). The molecule has 0 aliphatic rings. The third-order valence-corrected chi connectivity index (χ3v) is 4.63. The lowest BCUT2D eigenvalue weighted by Gasteiger charge is -2.08. The van der Waals surface area contributed by atoms with E-state index in [1.165, 1.54) is 12.1 Å². The van der Waals surface area contributed by atoms with E-state index in [9.17, 15) is 14.9 Å². The minimum Gasteiger partial charge on any atom is -0.489 e. The summed E-state index contributed by atoms with van der Waals surface area (Å²) in [5.74, 6) is 0.413. The number of nitro benzene ring substituents is 1. The van der Waals surface area contributed by atoms with E-state index in [4.69, 9.17) is 4.74 Å². The zero-order chi connectivity index (χ0) is 20.9. The lowest BCUT2D eigenvalue weighted by molar-refractivity contribution is -0.384. The number of rotatable bonds is 7. The Bertz CT molecular complexity index is 1190. The highest BCUT2D eigenvalue weighted by atomic mass is 16.6. The van der Waals surface area contributed by atoms with Crippen molar-refractivity contribution in [1.29, 1.82) is 0 Å². The van der Waals surface area contributed by atoms with Crippen molar-refractivity contribution in [1.82, 2.24) is 15.3 Å². The fourth-order valence-corrected chi connectivity index (χ4v) is 3.04. The fourth-order valence-electron chi connectivity index (χ4n) is 3.04. The Hall–Kier alpha value is -4.20. The average Bonchev–Trinajstić information content (AvgIpc) is 3.21. The molecule has 0 radical (unpaired) electrons. The van der Waals surface area contributed by atoms with Gasteiger partial charge in [0.05, 0.1) is 10.5 Å². The number of aromatic amines is 1. The second-order valence-electron chi connectivity index (χ2n) is 6.67. The van der Waals surface area contributed by atoms with Crippen molar-refractivity contribution in [3.05, 3.63) is 100.0 Å². The number of fused-ring (bicyclic) bond motifs is 1. The van der Waals surface area contributed by atoms with Gasteiger partial charge < -0.3 is 15.0 Å². The van der Waals surface area contributed by atoms with Crippen LogP contribution in [0.1, 0.15) is 21.5 Å². The van der Waals surface area contributed by atoms with Crippen molar-refractivity contribution in [3.63, 3.8) is 0 Å². The van der Waals surface area contributed by atoms with E-state index in [0.29, 0.717) is 29.6 Å². The highest BCUT2D eigenvalue weighted by Crippen LogP contribution is 2.23. The molecule has 0 unspecified atom stereocenters. The van der Waals surface area contributed by atoms with Gasteiger partial charge in [-0.05, 0) is 29.8 Å². The molecular formula is C22H18N4O4. The van der Waals surface area contributed by atoms with E-state index in [1.807, 2.05) is 36.4 Å². The molecule has 0 aliphatic heterocycles. The normalized spacial score (nSPS) is 10.7. The van der Waals surface area contributed by atoms with Gasteiger partial charge in [0.15, 0.2) is 0 Å². The van der Waals surface area contributed by atoms with Crippen LogP contribution in [0, 0.1) is 10.1 Å². The van der Waals surface area contributed by atoms with Gasteiger partial charge >= 0.3 is 0 Å². The van der Waals surface area contributed by atoms with Gasteiger partial charge in [0.2, 0.25) is 0 Å². The average molecular weight is 402 g/mol. The van der Waals surface area contributed by atoms with Crippen LogP contribution in [0.25, 0.3) is 10.9 Å². The molecule has 2 aromatic heterocycles. The standard InChI is InChI=1S/C22H18N4O4/c27-22(20-13-24-21-8-5-17(26(28)29)10-19(20)21)25-12-15-3-6-18(7-4-15)30-14-16-2-1-9-23-11-16/h1-11,13,24H,12,14H2,(H,25,27). The molecule has 1 amide bonds. The number of ether oxygens (including phenoxy) is 1. The molecule has 0 saturated heterocycles. The zero-order valence-electron chi connectivity index (χ0n) is 15.9. The molecule has 8 nitrogen and oxygen atoms in total. The van der Waals surface area contributed by atoms with Crippen molar-refractivity contribution in [2.45, 2.75) is 13.2 Å². The molecule has 8 heteroatoms. The Kier molecular flexibility index (Phi) is 5.38. The van der Waals surface area contributed by atoms with Crippen molar-refractivity contribution in [2.75, 3.05) is 0 Å². The van der Waals surface area contributed by atoms with Gasteiger partial charge in [-0.15, -0.1) is 0 Å². The van der Waals surface area contributed by atoms with Gasteiger partial charge in [0, 0.05) is 53.7 Å². The number of hydrogen-bond acceptors (Lipinski definition) is 5. The molecule has 2 aromatic carbocycles. The van der Waals surface area contributed by atoms with E-state index < -0.39 is 4.92 Å². The molecular weight excluding hydrogens is 384 g/mol. The number of pyridine rings is 1. The van der Waals surface area contributed by atoms with Crippen LogP contribution >= 0.6 is 0 Å². The van der Waals surface area contributed by atoms with E-state index >= 15 is 0 Å². The highest BCUT2D eigenvalue weighted by Gasteiger charge is 2.15. The van der Waals surface area contributed by atoms with E-state index in [-0.39, 0.29) is 11.6 Å². The Morgan fingerprint density at radius 1 is 1.13 bits per heavy atom. The Morgan fingerprint density at radius 2 is 1.97 bits per heavy atom. The maximum Gasteiger partial charge on any atom is 0.270 e.